The Balaban J connectivity index is 2.73. The molecule has 0 aromatic heterocycles. The molecular weight excluding hydrogens is 344 g/mol. The molecular formula is C17H24N2O7. The standard InChI is InChI=1S/C17H24N2O7/c1-11(14(10-24-5)18-16(21)26-17(2,3)4)25-15(20)12-6-8-13(9-7-12)19(22)23/h6-9,11,14H,10H2,1-5H3,(H,18,21). The van der Waals surface area contributed by atoms with Gasteiger partial charge in [0.1, 0.15) is 11.7 Å². The van der Waals surface area contributed by atoms with Crippen molar-refractivity contribution >= 4 is 17.7 Å². The molecule has 0 aliphatic rings. The molecule has 0 spiro atoms. The molecule has 1 aromatic rings. The van der Waals surface area contributed by atoms with E-state index in [1.165, 1.54) is 31.4 Å². The second kappa shape index (κ2) is 9.14. The van der Waals surface area contributed by atoms with Crippen LogP contribution in [0.4, 0.5) is 10.5 Å². The molecule has 0 saturated carbocycles. The van der Waals surface area contributed by atoms with Crippen LogP contribution in [-0.2, 0) is 14.2 Å². The first-order chi connectivity index (χ1) is 12.0. The second-order valence-electron chi connectivity index (χ2n) is 6.62. The van der Waals surface area contributed by atoms with Gasteiger partial charge in [-0.25, -0.2) is 9.59 Å². The summed E-state index contributed by atoms with van der Waals surface area (Å²) >= 11 is 0. The summed E-state index contributed by atoms with van der Waals surface area (Å²) in [5.74, 6) is -0.667. The second-order valence-corrected chi connectivity index (χ2v) is 6.62. The number of ether oxygens (including phenoxy) is 3. The molecule has 1 aromatic carbocycles. The van der Waals surface area contributed by atoms with Crippen LogP contribution < -0.4 is 5.32 Å². The molecule has 26 heavy (non-hydrogen) atoms. The lowest BCUT2D eigenvalue weighted by atomic mass is 10.1. The summed E-state index contributed by atoms with van der Waals surface area (Å²) in [7, 11) is 1.45. The molecule has 1 N–H and O–H groups in total. The van der Waals surface area contributed by atoms with Crippen LogP contribution in [0.2, 0.25) is 0 Å². The number of non-ortho nitro benzene ring substituents is 1. The molecule has 2 unspecified atom stereocenters. The number of alkyl carbamates (subject to hydrolysis) is 1. The number of rotatable bonds is 7. The fraction of sp³-hybridized carbons (Fsp3) is 0.529. The number of amides is 1. The maximum atomic E-state index is 12.2. The maximum Gasteiger partial charge on any atom is 0.408 e. The summed E-state index contributed by atoms with van der Waals surface area (Å²) in [6.07, 6.45) is -1.37. The van der Waals surface area contributed by atoms with Gasteiger partial charge in [-0.2, -0.15) is 0 Å². The van der Waals surface area contributed by atoms with E-state index >= 15 is 0 Å². The zero-order valence-corrected chi connectivity index (χ0v) is 15.5. The van der Waals surface area contributed by atoms with Gasteiger partial charge < -0.3 is 19.5 Å². The van der Waals surface area contributed by atoms with E-state index in [9.17, 15) is 19.7 Å². The van der Waals surface area contributed by atoms with E-state index in [0.717, 1.165) is 0 Å². The highest BCUT2D eigenvalue weighted by atomic mass is 16.6. The van der Waals surface area contributed by atoms with E-state index in [1.54, 1.807) is 27.7 Å². The third kappa shape index (κ3) is 7.06. The monoisotopic (exact) mass is 368 g/mol. The number of nitro benzene ring substituents is 1. The number of nitrogens with zero attached hydrogens (tertiary/aromatic N) is 1. The van der Waals surface area contributed by atoms with Gasteiger partial charge in [0, 0.05) is 19.2 Å². The lowest BCUT2D eigenvalue weighted by molar-refractivity contribution is -0.384. The molecule has 1 amide bonds. The first-order valence-electron chi connectivity index (χ1n) is 7.97. The van der Waals surface area contributed by atoms with E-state index in [1.807, 2.05) is 0 Å². The minimum atomic E-state index is -0.717. The van der Waals surface area contributed by atoms with Gasteiger partial charge in [-0.1, -0.05) is 0 Å². The van der Waals surface area contributed by atoms with Crippen LogP contribution in [0.15, 0.2) is 24.3 Å². The van der Waals surface area contributed by atoms with Crippen molar-refractivity contribution in [2.24, 2.45) is 0 Å². The van der Waals surface area contributed by atoms with Crippen molar-refractivity contribution in [2.45, 2.75) is 45.4 Å². The van der Waals surface area contributed by atoms with Crippen LogP contribution in [0.1, 0.15) is 38.1 Å². The minimum Gasteiger partial charge on any atom is -0.457 e. The molecule has 0 aliphatic carbocycles. The SMILES string of the molecule is COCC(NC(=O)OC(C)(C)C)C(C)OC(=O)c1ccc([N+](=O)[O-])cc1. The molecule has 9 nitrogen and oxygen atoms in total. The molecule has 0 aliphatic heterocycles. The number of benzene rings is 1. The number of methoxy groups -OCH3 is 1. The number of nitrogens with one attached hydrogen (secondary N) is 1. The number of esters is 1. The van der Waals surface area contributed by atoms with Crippen LogP contribution in [0, 0.1) is 10.1 Å². The Morgan fingerprint density at radius 2 is 1.81 bits per heavy atom. The Morgan fingerprint density at radius 3 is 2.27 bits per heavy atom. The van der Waals surface area contributed by atoms with Gasteiger partial charge in [0.2, 0.25) is 0 Å². The number of carbonyl (C=O) groups is 2. The Labute approximate surface area is 151 Å². The normalized spacial score (nSPS) is 13.4. The summed E-state index contributed by atoms with van der Waals surface area (Å²) in [6.45, 7) is 6.90. The lowest BCUT2D eigenvalue weighted by Crippen LogP contribution is -2.48. The molecule has 0 fully saturated rings. The molecule has 0 radical (unpaired) electrons. The van der Waals surface area contributed by atoms with Crippen molar-refractivity contribution < 1.29 is 28.7 Å². The van der Waals surface area contributed by atoms with Gasteiger partial charge in [0.15, 0.2) is 0 Å². The van der Waals surface area contributed by atoms with Gasteiger partial charge in [0.25, 0.3) is 5.69 Å². The predicted octanol–water partition coefficient (Wildman–Crippen LogP) is 2.68. The lowest BCUT2D eigenvalue weighted by Gasteiger charge is -2.26. The molecule has 144 valence electrons. The number of nitro groups is 1. The molecule has 1 rings (SSSR count). The quantitative estimate of drug-likeness (QED) is 0.447. The number of hydrogen-bond acceptors (Lipinski definition) is 7. The fourth-order valence-corrected chi connectivity index (χ4v) is 1.97. The zero-order valence-electron chi connectivity index (χ0n) is 15.5. The Morgan fingerprint density at radius 1 is 1.23 bits per heavy atom. The van der Waals surface area contributed by atoms with Crippen molar-refractivity contribution in [3.63, 3.8) is 0 Å². The average molecular weight is 368 g/mol. The van der Waals surface area contributed by atoms with E-state index in [2.05, 4.69) is 5.32 Å². The van der Waals surface area contributed by atoms with E-state index in [0.29, 0.717) is 0 Å². The average Bonchev–Trinajstić information content (AvgIpc) is 2.52. The minimum absolute atomic E-state index is 0.105. The summed E-state index contributed by atoms with van der Waals surface area (Å²) in [6, 6.07) is 4.41. The van der Waals surface area contributed by atoms with Crippen molar-refractivity contribution in [1.29, 1.82) is 0 Å². The van der Waals surface area contributed by atoms with Gasteiger partial charge in [-0.05, 0) is 39.8 Å². The Kier molecular flexibility index (Phi) is 7.51. The molecule has 0 bridgehead atoms. The first-order valence-corrected chi connectivity index (χ1v) is 7.97. The smallest absolute Gasteiger partial charge is 0.408 e. The maximum absolute atomic E-state index is 12.2. The van der Waals surface area contributed by atoms with Crippen LogP contribution in [0.25, 0.3) is 0 Å². The van der Waals surface area contributed by atoms with Gasteiger partial charge in [-0.15, -0.1) is 0 Å². The summed E-state index contributed by atoms with van der Waals surface area (Å²) in [5.41, 5.74) is -0.630. The van der Waals surface area contributed by atoms with E-state index in [4.69, 9.17) is 14.2 Å². The highest BCUT2D eigenvalue weighted by Gasteiger charge is 2.26. The van der Waals surface area contributed by atoms with Crippen LogP contribution in [-0.4, -0.2) is 48.4 Å². The fourth-order valence-electron chi connectivity index (χ4n) is 1.97. The predicted molar refractivity (Wildman–Crippen MR) is 93.0 cm³/mol. The third-order valence-corrected chi connectivity index (χ3v) is 3.22. The Hall–Kier alpha value is -2.68. The van der Waals surface area contributed by atoms with Crippen molar-refractivity contribution in [3.05, 3.63) is 39.9 Å². The summed E-state index contributed by atoms with van der Waals surface area (Å²) in [4.78, 5) is 34.2. The topological polar surface area (TPSA) is 117 Å². The molecule has 0 heterocycles. The van der Waals surface area contributed by atoms with Crippen LogP contribution in [0.3, 0.4) is 0 Å². The largest absolute Gasteiger partial charge is 0.457 e. The van der Waals surface area contributed by atoms with Crippen molar-refractivity contribution in [3.8, 4) is 0 Å². The van der Waals surface area contributed by atoms with Gasteiger partial charge >= 0.3 is 12.1 Å². The van der Waals surface area contributed by atoms with Crippen LogP contribution in [0.5, 0.6) is 0 Å². The molecule has 0 saturated heterocycles. The highest BCUT2D eigenvalue weighted by Crippen LogP contribution is 2.14. The summed E-state index contributed by atoms with van der Waals surface area (Å²) < 4.78 is 15.6. The Bertz CT molecular complexity index is 638. The van der Waals surface area contributed by atoms with Crippen molar-refractivity contribution in [1.82, 2.24) is 5.32 Å². The number of hydrogen-bond donors (Lipinski definition) is 1. The summed E-state index contributed by atoms with van der Waals surface area (Å²) in [5, 5.41) is 13.2. The number of carbonyl (C=O) groups excluding carboxylic acids is 2. The third-order valence-electron chi connectivity index (χ3n) is 3.22. The van der Waals surface area contributed by atoms with E-state index < -0.39 is 34.7 Å². The highest BCUT2D eigenvalue weighted by molar-refractivity contribution is 5.89. The van der Waals surface area contributed by atoms with Crippen LogP contribution >= 0.6 is 0 Å². The molecule has 9 heteroatoms. The van der Waals surface area contributed by atoms with Gasteiger partial charge in [0.05, 0.1) is 23.1 Å². The zero-order chi connectivity index (χ0) is 19.9. The van der Waals surface area contributed by atoms with E-state index in [-0.39, 0.29) is 17.9 Å². The first kappa shape index (κ1) is 21.4. The molecule has 2 atom stereocenters. The van der Waals surface area contributed by atoms with Gasteiger partial charge in [-0.3, -0.25) is 10.1 Å². The van der Waals surface area contributed by atoms with Crippen molar-refractivity contribution in [2.75, 3.05) is 13.7 Å².